The molecular formula is C6H11NSe. The van der Waals surface area contributed by atoms with Gasteiger partial charge in [-0.1, -0.05) is 0 Å². The van der Waals surface area contributed by atoms with Gasteiger partial charge in [-0.25, -0.2) is 0 Å². The summed E-state index contributed by atoms with van der Waals surface area (Å²) >= 11 is 2.60. The summed E-state index contributed by atoms with van der Waals surface area (Å²) in [6, 6.07) is 0. The summed E-state index contributed by atoms with van der Waals surface area (Å²) in [4.78, 5) is 3.90. The molecule has 0 N–H and O–H groups in total. The van der Waals surface area contributed by atoms with Crippen molar-refractivity contribution in [1.29, 1.82) is 0 Å². The summed E-state index contributed by atoms with van der Waals surface area (Å²) in [6.45, 7) is 3.12. The zero-order valence-corrected chi connectivity index (χ0v) is 6.90. The summed E-state index contributed by atoms with van der Waals surface area (Å²) < 4.78 is 2.63. The second-order valence-electron chi connectivity index (χ2n) is 1.68. The monoisotopic (exact) mass is 177 g/mol. The van der Waals surface area contributed by atoms with Crippen LogP contribution in [0.1, 0.15) is 26.2 Å². The summed E-state index contributed by atoms with van der Waals surface area (Å²) in [5.74, 6) is 0. The molecular weight excluding hydrogens is 165 g/mol. The van der Waals surface area contributed by atoms with Crippen LogP contribution in [0.2, 0.25) is 0 Å². The first-order valence-electron chi connectivity index (χ1n) is 2.95. The Kier molecular flexibility index (Phi) is 7.19. The van der Waals surface area contributed by atoms with Gasteiger partial charge in [0.2, 0.25) is 0 Å². The molecule has 0 aliphatic heterocycles. The van der Waals surface area contributed by atoms with Crippen molar-refractivity contribution in [2.45, 2.75) is 26.2 Å². The predicted octanol–water partition coefficient (Wildman–Crippen LogP) is 1.25. The molecule has 8 heavy (non-hydrogen) atoms. The summed E-state index contributed by atoms with van der Waals surface area (Å²) in [5, 5.41) is 0. The van der Waals surface area contributed by atoms with Gasteiger partial charge in [0.05, 0.1) is 0 Å². The molecule has 0 rings (SSSR count). The second kappa shape index (κ2) is 7.10. The van der Waals surface area contributed by atoms with Crippen LogP contribution >= 0.6 is 0 Å². The molecule has 0 saturated heterocycles. The molecule has 0 amide bonds. The van der Waals surface area contributed by atoms with Crippen LogP contribution < -0.4 is 0 Å². The Hall–Kier alpha value is 0.0995. The molecule has 0 aliphatic rings. The number of rotatable bonds is 4. The minimum absolute atomic E-state index is 0.931. The fourth-order valence-electron chi connectivity index (χ4n) is 0.487. The van der Waals surface area contributed by atoms with E-state index in [4.69, 9.17) is 0 Å². The summed E-state index contributed by atoms with van der Waals surface area (Å²) in [6.07, 6.45) is 3.75. The van der Waals surface area contributed by atoms with E-state index < -0.39 is 0 Å². The molecule has 0 atom stereocenters. The Morgan fingerprint density at radius 2 is 2.25 bits per heavy atom. The van der Waals surface area contributed by atoms with E-state index in [1.54, 1.807) is 0 Å². The molecule has 0 bridgehead atoms. The van der Waals surface area contributed by atoms with E-state index in [2.05, 4.69) is 32.2 Å². The molecule has 0 aromatic carbocycles. The van der Waals surface area contributed by atoms with Crippen LogP contribution in [0.4, 0.5) is 0 Å². The normalized spacial score (nSPS) is 8.12. The van der Waals surface area contributed by atoms with Crippen LogP contribution in [0, 0.1) is 0 Å². The van der Waals surface area contributed by atoms with Crippen LogP contribution in [-0.4, -0.2) is 26.8 Å². The van der Waals surface area contributed by atoms with Crippen molar-refractivity contribution in [3.8, 4) is 0 Å². The van der Waals surface area contributed by atoms with Crippen molar-refractivity contribution in [3.05, 3.63) is 0 Å². The van der Waals surface area contributed by atoms with E-state index in [0.29, 0.717) is 0 Å². The number of hydrogen-bond donors (Lipinski definition) is 0. The van der Waals surface area contributed by atoms with Gasteiger partial charge in [0.25, 0.3) is 0 Å². The molecule has 0 heterocycles. The van der Waals surface area contributed by atoms with Gasteiger partial charge in [-0.3, -0.25) is 0 Å². The first kappa shape index (κ1) is 8.10. The zero-order chi connectivity index (χ0) is 6.24. The zero-order valence-electron chi connectivity index (χ0n) is 5.18. The summed E-state index contributed by atoms with van der Waals surface area (Å²) in [5.41, 5.74) is 0. The van der Waals surface area contributed by atoms with Crippen molar-refractivity contribution in [3.63, 3.8) is 0 Å². The average Bonchev–Trinajstić information content (AvgIpc) is 1.81. The second-order valence-corrected chi connectivity index (χ2v) is 2.06. The van der Waals surface area contributed by atoms with Gasteiger partial charge in [0.15, 0.2) is 0 Å². The van der Waals surface area contributed by atoms with E-state index in [1.807, 2.05) is 0 Å². The van der Waals surface area contributed by atoms with Crippen LogP contribution in [0.25, 0.3) is 0 Å². The molecule has 0 aliphatic carbocycles. The fourth-order valence-corrected chi connectivity index (χ4v) is 0.678. The van der Waals surface area contributed by atoms with Gasteiger partial charge >= 0.3 is 58.0 Å². The molecule has 0 saturated carbocycles. The van der Waals surface area contributed by atoms with Gasteiger partial charge < -0.3 is 0 Å². The van der Waals surface area contributed by atoms with Gasteiger partial charge in [-0.05, 0) is 0 Å². The van der Waals surface area contributed by atoms with Gasteiger partial charge in [-0.15, -0.1) is 0 Å². The van der Waals surface area contributed by atoms with Crippen molar-refractivity contribution in [1.82, 2.24) is 0 Å². The molecule has 2 heteroatoms. The standard InChI is InChI=1S/C6H11NSe/c1-2-3-4-5-7-6-8/h2-5H2,1H3. The molecule has 0 radical (unpaired) electrons. The van der Waals surface area contributed by atoms with E-state index in [1.165, 1.54) is 19.3 Å². The van der Waals surface area contributed by atoms with Crippen LogP contribution in [0.3, 0.4) is 0 Å². The van der Waals surface area contributed by atoms with Gasteiger partial charge in [0, 0.05) is 0 Å². The topological polar surface area (TPSA) is 12.4 Å². The first-order valence-corrected chi connectivity index (χ1v) is 3.81. The number of aliphatic imine (C=N–C) groups is 1. The van der Waals surface area contributed by atoms with Gasteiger partial charge in [0.1, 0.15) is 0 Å². The quantitative estimate of drug-likeness (QED) is 0.347. The summed E-state index contributed by atoms with van der Waals surface area (Å²) in [7, 11) is 0. The van der Waals surface area contributed by atoms with Crippen LogP contribution in [0.5, 0.6) is 0 Å². The number of nitrogens with zero attached hydrogens (tertiary/aromatic N) is 1. The van der Waals surface area contributed by atoms with Gasteiger partial charge in [-0.2, -0.15) is 0 Å². The Bertz CT molecular complexity index is 84.5. The van der Waals surface area contributed by atoms with Crippen molar-refractivity contribution < 1.29 is 0 Å². The molecule has 0 spiro atoms. The molecule has 46 valence electrons. The van der Waals surface area contributed by atoms with Crippen LogP contribution in [0.15, 0.2) is 4.99 Å². The molecule has 1 nitrogen and oxygen atoms in total. The van der Waals surface area contributed by atoms with Crippen LogP contribution in [-0.2, 0) is 0 Å². The van der Waals surface area contributed by atoms with Crippen molar-refractivity contribution in [2.24, 2.45) is 4.99 Å². The van der Waals surface area contributed by atoms with E-state index >= 15 is 0 Å². The average molecular weight is 176 g/mol. The fraction of sp³-hybridized carbons (Fsp3) is 0.833. The molecule has 0 fully saturated rings. The maximum atomic E-state index is 3.90. The Labute approximate surface area is 58.6 Å². The first-order chi connectivity index (χ1) is 3.91. The van der Waals surface area contributed by atoms with E-state index in [9.17, 15) is 0 Å². The predicted molar refractivity (Wildman–Crippen MR) is 37.6 cm³/mol. The molecule has 0 aromatic rings. The Morgan fingerprint density at radius 3 is 2.75 bits per heavy atom. The van der Waals surface area contributed by atoms with E-state index in [-0.39, 0.29) is 0 Å². The minimum atomic E-state index is 0.931. The van der Waals surface area contributed by atoms with Crippen molar-refractivity contribution >= 4 is 20.3 Å². The molecule has 0 unspecified atom stereocenters. The third-order valence-corrected chi connectivity index (χ3v) is 1.21. The SMILES string of the molecule is CCCCCN=C=[Se]. The number of unbranched alkanes of at least 4 members (excludes halogenated alkanes) is 2. The Balaban J connectivity index is 2.82. The third-order valence-electron chi connectivity index (χ3n) is 0.938. The Morgan fingerprint density at radius 1 is 1.50 bits per heavy atom. The maximum absolute atomic E-state index is 3.90. The number of hydrogen-bond acceptors (Lipinski definition) is 1. The third kappa shape index (κ3) is 6.10. The van der Waals surface area contributed by atoms with Crippen molar-refractivity contribution in [2.75, 3.05) is 6.54 Å². The van der Waals surface area contributed by atoms with E-state index in [0.717, 1.165) is 6.54 Å². The molecule has 0 aromatic heterocycles.